The van der Waals surface area contributed by atoms with Gasteiger partial charge < -0.3 is 25.2 Å². The summed E-state index contributed by atoms with van der Waals surface area (Å²) in [5.74, 6) is -0.637. The summed E-state index contributed by atoms with van der Waals surface area (Å²) in [5, 5.41) is 22.6. The highest BCUT2D eigenvalue weighted by Crippen LogP contribution is 2.29. The fourth-order valence-electron chi connectivity index (χ4n) is 1.61. The quantitative estimate of drug-likeness (QED) is 0.485. The number of ether oxygens (including phenoxy) is 2. The summed E-state index contributed by atoms with van der Waals surface area (Å²) in [7, 11) is 3.01. The Kier molecular flexibility index (Phi) is 6.94. The molecular weight excluding hydrogens is 302 g/mol. The Labute approximate surface area is 133 Å². The fourth-order valence-corrected chi connectivity index (χ4v) is 1.61. The van der Waals surface area contributed by atoms with Crippen molar-refractivity contribution in [1.29, 1.82) is 5.26 Å². The first kappa shape index (κ1) is 17.8. The van der Waals surface area contributed by atoms with Crippen molar-refractivity contribution in [1.82, 2.24) is 5.32 Å². The zero-order valence-electron chi connectivity index (χ0n) is 12.8. The first-order valence-electron chi connectivity index (χ1n) is 6.60. The molecule has 0 atom stereocenters. The van der Waals surface area contributed by atoms with E-state index in [9.17, 15) is 9.59 Å². The van der Waals surface area contributed by atoms with Gasteiger partial charge >= 0.3 is 5.97 Å². The van der Waals surface area contributed by atoms with Gasteiger partial charge in [0.15, 0.2) is 11.5 Å². The summed E-state index contributed by atoms with van der Waals surface area (Å²) in [6.45, 7) is -0.0520. The predicted octanol–water partition coefficient (Wildman–Crippen LogP) is 1.11. The zero-order valence-corrected chi connectivity index (χ0v) is 12.8. The van der Waals surface area contributed by atoms with Gasteiger partial charge in [0.25, 0.3) is 5.91 Å². The number of carboxylic acids is 1. The summed E-state index contributed by atoms with van der Waals surface area (Å²) in [6.07, 6.45) is 1.02. The third-order valence-electron chi connectivity index (χ3n) is 2.76. The van der Waals surface area contributed by atoms with Gasteiger partial charge in [0, 0.05) is 24.5 Å². The highest BCUT2D eigenvalue weighted by Gasteiger charge is 2.09. The maximum Gasteiger partial charge on any atom is 0.305 e. The van der Waals surface area contributed by atoms with Crippen molar-refractivity contribution in [2.45, 2.75) is 6.42 Å². The number of aliphatic carboxylic acids is 1. The highest BCUT2D eigenvalue weighted by atomic mass is 16.5. The van der Waals surface area contributed by atoms with E-state index in [-0.39, 0.29) is 18.5 Å². The Bertz CT molecular complexity index is 649. The number of carboxylic acid groups (broad SMARTS) is 1. The van der Waals surface area contributed by atoms with Gasteiger partial charge in [0.05, 0.1) is 20.6 Å². The maximum absolute atomic E-state index is 11.7. The minimum atomic E-state index is -1.03. The molecule has 0 fully saturated rings. The number of nitrogens with zero attached hydrogens (tertiary/aromatic N) is 1. The van der Waals surface area contributed by atoms with Gasteiger partial charge in [0.2, 0.25) is 0 Å². The lowest BCUT2D eigenvalue weighted by Crippen LogP contribution is -2.27. The van der Waals surface area contributed by atoms with Crippen LogP contribution < -0.4 is 20.1 Å². The van der Waals surface area contributed by atoms with E-state index in [1.54, 1.807) is 24.3 Å². The summed E-state index contributed by atoms with van der Waals surface area (Å²) < 4.78 is 10.3. The Morgan fingerprint density at radius 2 is 2.00 bits per heavy atom. The van der Waals surface area contributed by atoms with Crippen LogP contribution in [0.5, 0.6) is 11.5 Å². The van der Waals surface area contributed by atoms with Crippen LogP contribution in [-0.2, 0) is 9.59 Å². The summed E-state index contributed by atoms with van der Waals surface area (Å²) in [5.41, 5.74) is 0.416. The van der Waals surface area contributed by atoms with E-state index < -0.39 is 11.9 Å². The molecule has 0 aromatic heterocycles. The molecule has 3 N–H and O–H groups in total. The molecule has 23 heavy (non-hydrogen) atoms. The summed E-state index contributed by atoms with van der Waals surface area (Å²) in [6, 6.07) is 6.75. The number of amides is 1. The normalized spacial score (nSPS) is 10.4. The number of anilines is 1. The molecule has 0 bridgehead atoms. The molecule has 0 saturated heterocycles. The Balaban J connectivity index is 2.74. The molecule has 8 nitrogen and oxygen atoms in total. The number of nitrogens with one attached hydrogen (secondary N) is 2. The van der Waals surface area contributed by atoms with E-state index in [2.05, 4.69) is 10.6 Å². The third kappa shape index (κ3) is 5.59. The van der Waals surface area contributed by atoms with Crippen molar-refractivity contribution < 1.29 is 24.2 Å². The molecule has 8 heteroatoms. The number of benzene rings is 1. The van der Waals surface area contributed by atoms with Gasteiger partial charge in [-0.25, -0.2) is 0 Å². The van der Waals surface area contributed by atoms with E-state index in [4.69, 9.17) is 19.8 Å². The molecule has 1 amide bonds. The number of methoxy groups -OCH3 is 2. The van der Waals surface area contributed by atoms with E-state index in [0.29, 0.717) is 17.2 Å². The van der Waals surface area contributed by atoms with E-state index >= 15 is 0 Å². The lowest BCUT2D eigenvalue weighted by Gasteiger charge is -2.09. The topological polar surface area (TPSA) is 121 Å². The molecule has 0 aliphatic carbocycles. The number of nitriles is 1. The Morgan fingerprint density at radius 3 is 2.57 bits per heavy atom. The number of carbonyl (C=O) groups excluding carboxylic acids is 1. The molecule has 0 spiro atoms. The van der Waals surface area contributed by atoms with Crippen molar-refractivity contribution >= 4 is 17.6 Å². The summed E-state index contributed by atoms with van der Waals surface area (Å²) in [4.78, 5) is 22.1. The Morgan fingerprint density at radius 1 is 1.30 bits per heavy atom. The van der Waals surface area contributed by atoms with Crippen LogP contribution in [-0.4, -0.2) is 37.7 Å². The molecule has 0 unspecified atom stereocenters. The first-order valence-corrected chi connectivity index (χ1v) is 6.60. The predicted molar refractivity (Wildman–Crippen MR) is 82.1 cm³/mol. The van der Waals surface area contributed by atoms with E-state index in [0.717, 1.165) is 0 Å². The van der Waals surface area contributed by atoms with E-state index in [1.807, 2.05) is 0 Å². The number of hydrogen-bond donors (Lipinski definition) is 3. The molecule has 1 aromatic rings. The lowest BCUT2D eigenvalue weighted by atomic mass is 10.2. The lowest BCUT2D eigenvalue weighted by molar-refractivity contribution is -0.136. The van der Waals surface area contributed by atoms with Crippen molar-refractivity contribution in [3.63, 3.8) is 0 Å². The first-order chi connectivity index (χ1) is 11.0. The largest absolute Gasteiger partial charge is 0.493 e. The van der Waals surface area contributed by atoms with Crippen molar-refractivity contribution in [2.24, 2.45) is 0 Å². The second kappa shape index (κ2) is 8.94. The average Bonchev–Trinajstić information content (AvgIpc) is 2.54. The van der Waals surface area contributed by atoms with Gasteiger partial charge in [-0.2, -0.15) is 5.26 Å². The maximum atomic E-state index is 11.7. The second-order valence-corrected chi connectivity index (χ2v) is 4.28. The monoisotopic (exact) mass is 319 g/mol. The SMILES string of the molecule is COc1ccc(N/C=C(/C#N)C(=O)NCCC(=O)O)cc1OC. The van der Waals surface area contributed by atoms with Crippen molar-refractivity contribution in [3.05, 3.63) is 30.0 Å². The average molecular weight is 319 g/mol. The van der Waals surface area contributed by atoms with Gasteiger partial charge in [-0.3, -0.25) is 9.59 Å². The molecule has 0 aliphatic heterocycles. The summed E-state index contributed by atoms with van der Waals surface area (Å²) >= 11 is 0. The third-order valence-corrected chi connectivity index (χ3v) is 2.76. The van der Waals surface area contributed by atoms with Crippen LogP contribution in [0.15, 0.2) is 30.0 Å². The van der Waals surface area contributed by atoms with Gasteiger partial charge in [0.1, 0.15) is 11.6 Å². The van der Waals surface area contributed by atoms with Gasteiger partial charge in [-0.15, -0.1) is 0 Å². The Hall–Kier alpha value is -3.21. The number of hydrogen-bond acceptors (Lipinski definition) is 6. The number of rotatable bonds is 8. The van der Waals surface area contributed by atoms with Crippen LogP contribution in [0.1, 0.15) is 6.42 Å². The number of carbonyl (C=O) groups is 2. The van der Waals surface area contributed by atoms with Gasteiger partial charge in [-0.1, -0.05) is 0 Å². The van der Waals surface area contributed by atoms with Crippen LogP contribution >= 0.6 is 0 Å². The van der Waals surface area contributed by atoms with Crippen molar-refractivity contribution in [2.75, 3.05) is 26.1 Å². The molecule has 1 aromatic carbocycles. The molecule has 0 saturated carbocycles. The van der Waals surface area contributed by atoms with Crippen LogP contribution in [0.2, 0.25) is 0 Å². The molecule has 0 heterocycles. The van der Waals surface area contributed by atoms with Crippen molar-refractivity contribution in [3.8, 4) is 17.6 Å². The molecule has 0 radical (unpaired) electrons. The molecular formula is C15H17N3O5. The highest BCUT2D eigenvalue weighted by molar-refractivity contribution is 5.97. The smallest absolute Gasteiger partial charge is 0.305 e. The minimum Gasteiger partial charge on any atom is -0.493 e. The van der Waals surface area contributed by atoms with E-state index in [1.165, 1.54) is 20.4 Å². The minimum absolute atomic E-state index is 0.0520. The van der Waals surface area contributed by atoms with Crippen LogP contribution in [0.4, 0.5) is 5.69 Å². The molecule has 1 rings (SSSR count). The standard InChI is InChI=1S/C15H17N3O5/c1-22-12-4-3-11(7-13(12)23-2)18-9-10(8-16)15(21)17-6-5-14(19)20/h3-4,7,9,18H,5-6H2,1-2H3,(H,17,21)(H,19,20)/b10-9-. The van der Waals surface area contributed by atoms with Crippen LogP contribution in [0.25, 0.3) is 0 Å². The second-order valence-electron chi connectivity index (χ2n) is 4.28. The molecule has 122 valence electrons. The fraction of sp³-hybridized carbons (Fsp3) is 0.267. The zero-order chi connectivity index (χ0) is 17.2. The molecule has 0 aliphatic rings. The van der Waals surface area contributed by atoms with Crippen LogP contribution in [0.3, 0.4) is 0 Å². The van der Waals surface area contributed by atoms with Crippen LogP contribution in [0, 0.1) is 11.3 Å². The van der Waals surface area contributed by atoms with Gasteiger partial charge in [-0.05, 0) is 12.1 Å².